The molecule has 0 fully saturated rings. The second kappa shape index (κ2) is 4.24. The fourth-order valence-electron chi connectivity index (χ4n) is 1.08. The average molecular weight is 198 g/mol. The summed E-state index contributed by atoms with van der Waals surface area (Å²) in [5.74, 6) is 0. The molecule has 0 amide bonds. The first-order chi connectivity index (χ1) is 6.22. The van der Waals surface area contributed by atoms with Crippen LogP contribution in [0.15, 0.2) is 12.1 Å². The molecule has 1 rings (SSSR count). The average Bonchev–Trinajstić information content (AvgIpc) is 2.16. The van der Waals surface area contributed by atoms with Gasteiger partial charge in [0, 0.05) is 10.6 Å². The Morgan fingerprint density at radius 3 is 2.46 bits per heavy atom. The summed E-state index contributed by atoms with van der Waals surface area (Å²) in [4.78, 5) is 0. The lowest BCUT2D eigenvalue weighted by Gasteiger charge is -2.06. The minimum atomic E-state index is -0.236. The summed E-state index contributed by atoms with van der Waals surface area (Å²) in [5, 5.41) is 26.7. The van der Waals surface area contributed by atoms with E-state index in [9.17, 15) is 0 Å². The molecule has 13 heavy (non-hydrogen) atoms. The summed E-state index contributed by atoms with van der Waals surface area (Å²) < 4.78 is 0. The summed E-state index contributed by atoms with van der Waals surface area (Å²) in [6.45, 7) is -0.467. The summed E-state index contributed by atoms with van der Waals surface area (Å²) in [7, 11) is 0. The molecule has 0 radical (unpaired) electrons. The summed E-state index contributed by atoms with van der Waals surface area (Å²) in [5.41, 5.74) is 1.35. The van der Waals surface area contributed by atoms with E-state index in [2.05, 4.69) is 0 Å². The number of halogens is 1. The predicted octanol–water partition coefficient (Wildman–Crippen LogP) is 1.20. The molecule has 4 heteroatoms. The standard InChI is InChI=1S/C9H8ClNO2/c10-9-2-6(3-11)1-7(4-12)8(9)5-13/h1-2,12-13H,4-5H2. The van der Waals surface area contributed by atoms with Crippen LogP contribution in [0.5, 0.6) is 0 Å². The van der Waals surface area contributed by atoms with Crippen LogP contribution in [-0.2, 0) is 13.2 Å². The van der Waals surface area contributed by atoms with Crippen molar-refractivity contribution in [3.05, 3.63) is 33.8 Å². The van der Waals surface area contributed by atoms with Crippen molar-refractivity contribution in [2.75, 3.05) is 0 Å². The fraction of sp³-hybridized carbons (Fsp3) is 0.222. The van der Waals surface area contributed by atoms with E-state index < -0.39 is 0 Å². The highest BCUT2D eigenvalue weighted by atomic mass is 35.5. The zero-order valence-electron chi connectivity index (χ0n) is 6.79. The zero-order valence-corrected chi connectivity index (χ0v) is 7.54. The van der Waals surface area contributed by atoms with Crippen LogP contribution in [-0.4, -0.2) is 10.2 Å². The quantitative estimate of drug-likeness (QED) is 0.749. The van der Waals surface area contributed by atoms with Gasteiger partial charge in [0.05, 0.1) is 24.8 Å². The molecule has 3 nitrogen and oxygen atoms in total. The zero-order chi connectivity index (χ0) is 9.84. The molecule has 1 aromatic carbocycles. The minimum Gasteiger partial charge on any atom is -0.392 e. The molecule has 0 spiro atoms. The Labute approximate surface area is 80.8 Å². The van der Waals surface area contributed by atoms with Gasteiger partial charge in [-0.25, -0.2) is 0 Å². The second-order valence-electron chi connectivity index (χ2n) is 2.52. The van der Waals surface area contributed by atoms with Gasteiger partial charge in [0.15, 0.2) is 0 Å². The van der Waals surface area contributed by atoms with Crippen LogP contribution in [0, 0.1) is 11.3 Å². The first-order valence-electron chi connectivity index (χ1n) is 3.66. The van der Waals surface area contributed by atoms with Gasteiger partial charge in [0.2, 0.25) is 0 Å². The van der Waals surface area contributed by atoms with Crippen molar-refractivity contribution >= 4 is 11.6 Å². The number of hydrogen-bond acceptors (Lipinski definition) is 3. The summed E-state index contributed by atoms with van der Waals surface area (Å²) >= 11 is 5.77. The Bertz CT molecular complexity index is 357. The maximum Gasteiger partial charge on any atom is 0.0992 e. The molecular formula is C9H8ClNO2. The van der Waals surface area contributed by atoms with Crippen molar-refractivity contribution in [3.8, 4) is 6.07 Å². The van der Waals surface area contributed by atoms with Crippen molar-refractivity contribution in [2.24, 2.45) is 0 Å². The molecule has 2 N–H and O–H groups in total. The number of nitriles is 1. The normalized spacial score (nSPS) is 9.69. The van der Waals surface area contributed by atoms with E-state index in [0.29, 0.717) is 21.7 Å². The highest BCUT2D eigenvalue weighted by Gasteiger charge is 2.07. The second-order valence-corrected chi connectivity index (χ2v) is 2.93. The topological polar surface area (TPSA) is 64.2 Å². The Kier molecular flexibility index (Phi) is 3.26. The van der Waals surface area contributed by atoms with E-state index in [1.807, 2.05) is 6.07 Å². The number of benzene rings is 1. The SMILES string of the molecule is N#Cc1cc(Cl)c(CO)c(CO)c1. The molecule has 0 bridgehead atoms. The van der Waals surface area contributed by atoms with Gasteiger partial charge < -0.3 is 10.2 Å². The first-order valence-corrected chi connectivity index (χ1v) is 4.03. The number of aliphatic hydroxyl groups excluding tert-OH is 2. The number of nitrogens with zero attached hydrogens (tertiary/aromatic N) is 1. The molecule has 68 valence electrons. The molecule has 0 aromatic heterocycles. The van der Waals surface area contributed by atoms with E-state index in [1.54, 1.807) is 0 Å². The molecular weight excluding hydrogens is 190 g/mol. The Morgan fingerprint density at radius 2 is 2.00 bits per heavy atom. The fourth-order valence-corrected chi connectivity index (χ4v) is 1.37. The van der Waals surface area contributed by atoms with Crippen molar-refractivity contribution in [1.82, 2.24) is 0 Å². The largest absolute Gasteiger partial charge is 0.392 e. The molecule has 0 saturated carbocycles. The Hall–Kier alpha value is -1.08. The monoisotopic (exact) mass is 197 g/mol. The van der Waals surface area contributed by atoms with Gasteiger partial charge in [-0.2, -0.15) is 5.26 Å². The maximum atomic E-state index is 8.92. The van der Waals surface area contributed by atoms with Gasteiger partial charge in [-0.3, -0.25) is 0 Å². The molecule has 0 aliphatic rings. The van der Waals surface area contributed by atoms with Gasteiger partial charge in [0.25, 0.3) is 0 Å². The summed E-state index contributed by atoms with van der Waals surface area (Å²) in [6.07, 6.45) is 0. The summed E-state index contributed by atoms with van der Waals surface area (Å²) in [6, 6.07) is 4.89. The van der Waals surface area contributed by atoms with Crippen LogP contribution in [0.1, 0.15) is 16.7 Å². The highest BCUT2D eigenvalue weighted by Crippen LogP contribution is 2.22. The Morgan fingerprint density at radius 1 is 1.31 bits per heavy atom. The first kappa shape index (κ1) is 10.0. The van der Waals surface area contributed by atoms with Gasteiger partial charge in [0.1, 0.15) is 0 Å². The smallest absolute Gasteiger partial charge is 0.0992 e. The molecule has 0 aliphatic heterocycles. The van der Waals surface area contributed by atoms with E-state index >= 15 is 0 Å². The predicted molar refractivity (Wildman–Crippen MR) is 48.0 cm³/mol. The number of hydrogen-bond donors (Lipinski definition) is 2. The van der Waals surface area contributed by atoms with Crippen LogP contribution < -0.4 is 0 Å². The van der Waals surface area contributed by atoms with Gasteiger partial charge >= 0.3 is 0 Å². The third-order valence-corrected chi connectivity index (χ3v) is 2.08. The number of aliphatic hydroxyl groups is 2. The third kappa shape index (κ3) is 1.99. The van der Waals surface area contributed by atoms with Crippen LogP contribution in [0.2, 0.25) is 5.02 Å². The lowest BCUT2D eigenvalue weighted by molar-refractivity contribution is 0.260. The van der Waals surface area contributed by atoms with E-state index in [4.69, 9.17) is 27.1 Å². The van der Waals surface area contributed by atoms with E-state index in [0.717, 1.165) is 0 Å². The lowest BCUT2D eigenvalue weighted by Crippen LogP contribution is -1.96. The van der Waals surface area contributed by atoms with E-state index in [-0.39, 0.29) is 13.2 Å². The van der Waals surface area contributed by atoms with Crippen molar-refractivity contribution in [1.29, 1.82) is 5.26 Å². The van der Waals surface area contributed by atoms with E-state index in [1.165, 1.54) is 12.1 Å². The van der Waals surface area contributed by atoms with Gasteiger partial charge in [-0.05, 0) is 17.7 Å². The lowest BCUT2D eigenvalue weighted by atomic mass is 10.1. The van der Waals surface area contributed by atoms with Gasteiger partial charge in [-0.1, -0.05) is 11.6 Å². The molecule has 0 saturated heterocycles. The molecule has 0 unspecified atom stereocenters. The third-order valence-electron chi connectivity index (χ3n) is 1.75. The molecule has 0 atom stereocenters. The Balaban J connectivity index is 3.31. The maximum absolute atomic E-state index is 8.92. The molecule has 0 aliphatic carbocycles. The van der Waals surface area contributed by atoms with Crippen molar-refractivity contribution in [3.63, 3.8) is 0 Å². The number of rotatable bonds is 2. The van der Waals surface area contributed by atoms with Crippen LogP contribution in [0.3, 0.4) is 0 Å². The van der Waals surface area contributed by atoms with Crippen LogP contribution in [0.25, 0.3) is 0 Å². The highest BCUT2D eigenvalue weighted by molar-refractivity contribution is 6.31. The van der Waals surface area contributed by atoms with Crippen molar-refractivity contribution in [2.45, 2.75) is 13.2 Å². The van der Waals surface area contributed by atoms with Gasteiger partial charge in [-0.15, -0.1) is 0 Å². The van der Waals surface area contributed by atoms with Crippen molar-refractivity contribution < 1.29 is 10.2 Å². The minimum absolute atomic E-state index is 0.231. The molecule has 0 heterocycles. The van der Waals surface area contributed by atoms with Crippen LogP contribution in [0.4, 0.5) is 0 Å². The molecule has 1 aromatic rings. The van der Waals surface area contributed by atoms with Crippen LogP contribution >= 0.6 is 11.6 Å².